The molecule has 5 nitrogen and oxygen atoms in total. The second kappa shape index (κ2) is 9.58. The third kappa shape index (κ3) is 5.09. The number of pyridine rings is 2. The Labute approximate surface area is 204 Å². The van der Waals surface area contributed by atoms with Crippen LogP contribution in [0.3, 0.4) is 0 Å². The van der Waals surface area contributed by atoms with Gasteiger partial charge in [0.05, 0.1) is 28.5 Å². The Morgan fingerprint density at radius 2 is 1.69 bits per heavy atom. The van der Waals surface area contributed by atoms with Crippen molar-refractivity contribution in [3.05, 3.63) is 71.2 Å². The maximum atomic E-state index is 13.3. The number of rotatable bonds is 5. The van der Waals surface area contributed by atoms with E-state index in [-0.39, 0.29) is 34.0 Å². The molecule has 0 saturated heterocycles. The molecule has 0 spiro atoms. The molecule has 188 valence electrons. The van der Waals surface area contributed by atoms with Gasteiger partial charge in [0.15, 0.2) is 16.4 Å². The van der Waals surface area contributed by atoms with E-state index in [1.54, 1.807) is 14.0 Å². The van der Waals surface area contributed by atoms with E-state index in [1.165, 1.54) is 47.1 Å². The highest BCUT2D eigenvalue weighted by molar-refractivity contribution is 7.91. The van der Waals surface area contributed by atoms with Gasteiger partial charge in [0.25, 0.3) is 0 Å². The second-order valence-electron chi connectivity index (χ2n) is 7.69. The van der Waals surface area contributed by atoms with Crippen molar-refractivity contribution >= 4 is 34.4 Å². The zero-order chi connectivity index (χ0) is 26.3. The average molecular weight is 524 g/mol. The Bertz CT molecular complexity index is 1450. The quantitative estimate of drug-likeness (QED) is 0.225. The summed E-state index contributed by atoms with van der Waals surface area (Å²) in [6, 6.07) is 8.89. The Morgan fingerprint density at radius 3 is 2.36 bits per heavy atom. The molecule has 3 aromatic heterocycles. The number of aryl methyl sites for hydroxylation is 1. The Morgan fingerprint density at radius 1 is 0.972 bits per heavy atom. The van der Waals surface area contributed by atoms with Gasteiger partial charge in [-0.2, -0.15) is 26.3 Å². The number of imidazole rings is 1. The van der Waals surface area contributed by atoms with Gasteiger partial charge in [-0.1, -0.05) is 24.3 Å². The van der Waals surface area contributed by atoms with Gasteiger partial charge in [-0.15, -0.1) is 0 Å². The minimum Gasteiger partial charge on any atom is -0.611 e. The molecule has 0 radical (unpaired) electrons. The van der Waals surface area contributed by atoms with Gasteiger partial charge >= 0.3 is 12.4 Å². The molecule has 3 heterocycles. The predicted molar refractivity (Wildman–Crippen MR) is 124 cm³/mol. The van der Waals surface area contributed by atoms with Gasteiger partial charge in [0.1, 0.15) is 11.4 Å². The standard InChI is InChI=1S/C24H18F6N4OS/c1-3-36(35)19-11-10-15(9-8-14-6-4-5-7-16(14)23(25,26)27)32-21(19)22-33-17-12-20(24(28,29)30)31-13-18(17)34(22)2/h4-13H,3H2,1-2H3/b9-8+. The maximum Gasteiger partial charge on any atom is 0.433 e. The molecule has 1 unspecified atom stereocenters. The van der Waals surface area contributed by atoms with E-state index >= 15 is 0 Å². The van der Waals surface area contributed by atoms with Crippen molar-refractivity contribution in [1.82, 2.24) is 19.5 Å². The summed E-state index contributed by atoms with van der Waals surface area (Å²) < 4.78 is 93.5. The molecule has 0 aliphatic carbocycles. The van der Waals surface area contributed by atoms with Crippen molar-refractivity contribution in [1.29, 1.82) is 0 Å². The van der Waals surface area contributed by atoms with Gasteiger partial charge in [0.2, 0.25) is 0 Å². The zero-order valence-electron chi connectivity index (χ0n) is 18.9. The summed E-state index contributed by atoms with van der Waals surface area (Å²) in [5, 5.41) is 0. The molecular formula is C24H18F6N4OS. The Kier molecular flexibility index (Phi) is 6.84. The Balaban J connectivity index is 1.83. The van der Waals surface area contributed by atoms with Crippen LogP contribution in [0.4, 0.5) is 26.3 Å². The number of aromatic nitrogens is 4. The number of hydrogen-bond donors (Lipinski definition) is 0. The van der Waals surface area contributed by atoms with E-state index in [2.05, 4.69) is 15.0 Å². The fraction of sp³-hybridized carbons (Fsp3) is 0.208. The summed E-state index contributed by atoms with van der Waals surface area (Å²) in [4.78, 5) is 12.5. The summed E-state index contributed by atoms with van der Waals surface area (Å²) in [6.45, 7) is 1.69. The summed E-state index contributed by atoms with van der Waals surface area (Å²) in [7, 11) is 1.56. The number of alkyl halides is 6. The van der Waals surface area contributed by atoms with Crippen LogP contribution in [0.2, 0.25) is 0 Å². The molecule has 0 aliphatic heterocycles. The van der Waals surface area contributed by atoms with E-state index in [0.29, 0.717) is 10.4 Å². The Hall–Kier alpha value is -3.38. The number of hydrogen-bond acceptors (Lipinski definition) is 4. The van der Waals surface area contributed by atoms with Crippen LogP contribution in [0.1, 0.15) is 29.4 Å². The molecule has 4 rings (SSSR count). The van der Waals surface area contributed by atoms with Crippen molar-refractivity contribution < 1.29 is 30.9 Å². The summed E-state index contributed by atoms with van der Waals surface area (Å²) >= 11 is -1.50. The van der Waals surface area contributed by atoms with Gasteiger partial charge in [0, 0.05) is 7.05 Å². The van der Waals surface area contributed by atoms with Crippen LogP contribution in [0.5, 0.6) is 0 Å². The maximum absolute atomic E-state index is 13.3. The first-order valence-electron chi connectivity index (χ1n) is 10.5. The molecule has 12 heteroatoms. The number of nitrogens with zero attached hydrogens (tertiary/aromatic N) is 4. The smallest absolute Gasteiger partial charge is 0.433 e. The van der Waals surface area contributed by atoms with E-state index in [0.717, 1.165) is 18.3 Å². The number of halogens is 6. The highest BCUT2D eigenvalue weighted by Crippen LogP contribution is 2.34. The van der Waals surface area contributed by atoms with Crippen LogP contribution in [0.15, 0.2) is 53.6 Å². The predicted octanol–water partition coefficient (Wildman–Crippen LogP) is 6.37. The lowest BCUT2D eigenvalue weighted by atomic mass is 10.1. The molecule has 0 saturated carbocycles. The highest BCUT2D eigenvalue weighted by Gasteiger charge is 2.34. The fourth-order valence-corrected chi connectivity index (χ4v) is 4.47. The topological polar surface area (TPSA) is 66.7 Å². The second-order valence-corrected chi connectivity index (χ2v) is 9.39. The molecule has 0 aliphatic rings. The molecule has 0 fully saturated rings. The van der Waals surface area contributed by atoms with E-state index < -0.39 is 34.8 Å². The van der Waals surface area contributed by atoms with Gasteiger partial charge in [-0.3, -0.25) is 0 Å². The normalized spacial score (nSPS) is 13.6. The van der Waals surface area contributed by atoms with Gasteiger partial charge in [-0.05, 0) is 54.0 Å². The molecule has 1 atom stereocenters. The minimum atomic E-state index is -4.66. The lowest BCUT2D eigenvalue weighted by Gasteiger charge is -2.13. The fourth-order valence-electron chi connectivity index (χ4n) is 3.58. The average Bonchev–Trinajstić information content (AvgIpc) is 3.17. The SMILES string of the molecule is CC[S+]([O-])c1ccc(/C=C/c2ccccc2C(F)(F)F)nc1-c1nc2cc(C(F)(F)F)ncc2n1C. The van der Waals surface area contributed by atoms with Crippen LogP contribution in [0.25, 0.3) is 34.7 Å². The minimum absolute atomic E-state index is 0.0184. The van der Waals surface area contributed by atoms with Crippen molar-refractivity contribution in [3.8, 4) is 11.5 Å². The van der Waals surface area contributed by atoms with E-state index in [1.807, 2.05) is 0 Å². The van der Waals surface area contributed by atoms with Crippen molar-refractivity contribution in [2.75, 3.05) is 5.75 Å². The monoisotopic (exact) mass is 524 g/mol. The molecule has 4 aromatic rings. The zero-order valence-corrected chi connectivity index (χ0v) is 19.7. The molecule has 1 aromatic carbocycles. The largest absolute Gasteiger partial charge is 0.611 e. The lowest BCUT2D eigenvalue weighted by Crippen LogP contribution is -2.09. The first-order chi connectivity index (χ1) is 16.9. The molecule has 36 heavy (non-hydrogen) atoms. The van der Waals surface area contributed by atoms with Crippen LogP contribution in [-0.2, 0) is 30.6 Å². The third-order valence-corrected chi connectivity index (χ3v) is 6.70. The first kappa shape index (κ1) is 25.7. The number of benzene rings is 1. The summed E-state index contributed by atoms with van der Waals surface area (Å²) in [5.74, 6) is 0.390. The third-order valence-electron chi connectivity index (χ3n) is 5.36. The van der Waals surface area contributed by atoms with E-state index in [9.17, 15) is 30.9 Å². The van der Waals surface area contributed by atoms with Crippen LogP contribution < -0.4 is 0 Å². The van der Waals surface area contributed by atoms with Crippen molar-refractivity contribution in [2.24, 2.45) is 7.05 Å². The van der Waals surface area contributed by atoms with Gasteiger partial charge in [-0.25, -0.2) is 15.0 Å². The highest BCUT2D eigenvalue weighted by atomic mass is 32.2. The van der Waals surface area contributed by atoms with Gasteiger partial charge < -0.3 is 9.12 Å². The first-order valence-corrected chi connectivity index (χ1v) is 11.9. The lowest BCUT2D eigenvalue weighted by molar-refractivity contribution is -0.141. The molecule has 0 N–H and O–H groups in total. The van der Waals surface area contributed by atoms with Crippen molar-refractivity contribution in [2.45, 2.75) is 24.2 Å². The molecule has 0 bridgehead atoms. The molecule has 0 amide bonds. The molecular weight excluding hydrogens is 506 g/mol. The van der Waals surface area contributed by atoms with E-state index in [4.69, 9.17) is 0 Å². The number of fused-ring (bicyclic) bond motifs is 1. The van der Waals surface area contributed by atoms with Crippen LogP contribution in [0, 0.1) is 0 Å². The van der Waals surface area contributed by atoms with Crippen LogP contribution >= 0.6 is 0 Å². The van der Waals surface area contributed by atoms with Crippen LogP contribution in [-0.4, -0.2) is 29.8 Å². The summed E-state index contributed by atoms with van der Waals surface area (Å²) in [6.07, 6.45) is -5.52. The van der Waals surface area contributed by atoms with Crippen molar-refractivity contribution in [3.63, 3.8) is 0 Å². The summed E-state index contributed by atoms with van der Waals surface area (Å²) in [5.41, 5.74) is -1.27.